The highest BCUT2D eigenvalue weighted by Crippen LogP contribution is 2.49. The maximum atomic E-state index is 7.28. The Morgan fingerprint density at radius 2 is 0.771 bits per heavy atom. The van der Waals surface area contributed by atoms with Crippen molar-refractivity contribution in [1.29, 1.82) is 0 Å². The van der Waals surface area contributed by atoms with Gasteiger partial charge in [-0.05, 0) is 76.7 Å². The van der Waals surface area contributed by atoms with E-state index in [1.54, 1.807) is 0 Å². The van der Waals surface area contributed by atoms with E-state index in [0.717, 1.165) is 78.3 Å². The van der Waals surface area contributed by atoms with Crippen LogP contribution in [0.4, 0.5) is 0 Å². The van der Waals surface area contributed by atoms with Crippen LogP contribution < -0.4 is 25.9 Å². The number of rotatable bonds is 4. The Kier molecular flexibility index (Phi) is 6.62. The van der Waals surface area contributed by atoms with Crippen LogP contribution in [-0.4, -0.2) is 6.71 Å². The van der Waals surface area contributed by atoms with Crippen LogP contribution in [-0.2, 0) is 0 Å². The Morgan fingerprint density at radius 3 is 1.29 bits per heavy atom. The molecule has 0 radical (unpaired) electrons. The molecule has 9 rings (SSSR count). The van der Waals surface area contributed by atoms with Crippen LogP contribution >= 0.6 is 0 Å². The van der Waals surface area contributed by atoms with Crippen LogP contribution in [0.2, 0.25) is 0 Å². The van der Waals surface area contributed by atoms with E-state index in [-0.39, 0.29) is 6.71 Å². The highest BCUT2D eigenvalue weighted by Gasteiger charge is 2.44. The Balaban J connectivity index is 1.42. The monoisotopic (exact) mass is 616 g/mol. The molecule has 2 aliphatic heterocycles. The summed E-state index contributed by atoms with van der Waals surface area (Å²) in [5, 5.41) is 0. The fourth-order valence-electron chi connectivity index (χ4n) is 7.71. The fourth-order valence-corrected chi connectivity index (χ4v) is 7.71. The van der Waals surface area contributed by atoms with Gasteiger partial charge >= 0.3 is 0 Å². The number of fused-ring (bicyclic) bond motifs is 4. The van der Waals surface area contributed by atoms with Crippen LogP contribution in [0, 0.1) is 20.8 Å². The molecule has 0 spiro atoms. The highest BCUT2D eigenvalue weighted by molar-refractivity contribution is 6.98. The molecule has 0 amide bonds. The largest absolute Gasteiger partial charge is 0.457 e. The molecule has 2 nitrogen and oxygen atoms in total. The Morgan fingerprint density at radius 1 is 0.354 bits per heavy atom. The average Bonchev–Trinajstić information content (AvgIpc) is 3.12. The standard InChI is InChI=1S/C45H33BO2/c1-28-15-7-10-20-32(28)36-24-14-26-40-43(36)48-45-38(34-22-12-9-17-30(34)3)27-37(33-21-11-8-16-29(33)2)44-41(45)46(40)39-25-13-23-35(42(39)47-44)31-18-5-4-6-19-31/h4-27H,1-3H3. The molecule has 2 heterocycles. The van der Waals surface area contributed by atoms with Gasteiger partial charge in [0, 0.05) is 27.7 Å². The molecule has 0 unspecified atom stereocenters. The normalized spacial score (nSPS) is 12.4. The minimum absolute atomic E-state index is 0.0955. The quantitative estimate of drug-likeness (QED) is 0.183. The SMILES string of the molecule is Cc1ccccc1-c1cccc2c1Oc1c(-c3ccccc3C)cc(-c3ccccc3C)c3c1B2c1cccc(-c2ccccc2)c1O3. The van der Waals surface area contributed by atoms with Crippen molar-refractivity contribution >= 4 is 23.1 Å². The van der Waals surface area contributed by atoms with E-state index in [4.69, 9.17) is 9.47 Å². The zero-order valence-electron chi connectivity index (χ0n) is 27.3. The lowest BCUT2D eigenvalue weighted by atomic mass is 9.34. The first kappa shape index (κ1) is 28.4. The van der Waals surface area contributed by atoms with Gasteiger partial charge in [-0.2, -0.15) is 0 Å². The highest BCUT2D eigenvalue weighted by atomic mass is 16.5. The molecule has 0 N–H and O–H groups in total. The molecule has 0 fully saturated rings. The lowest BCUT2D eigenvalue weighted by Gasteiger charge is -2.37. The Hall–Kier alpha value is -5.80. The minimum atomic E-state index is -0.0955. The molecule has 0 aromatic heterocycles. The second-order valence-corrected chi connectivity index (χ2v) is 12.9. The number of ether oxygens (including phenoxy) is 2. The topological polar surface area (TPSA) is 18.5 Å². The number of hydrogen-bond acceptors (Lipinski definition) is 2. The molecule has 0 atom stereocenters. The smallest absolute Gasteiger partial charge is 0.260 e. The second kappa shape index (κ2) is 11.2. The van der Waals surface area contributed by atoms with E-state index in [1.807, 2.05) is 0 Å². The summed E-state index contributed by atoms with van der Waals surface area (Å²) >= 11 is 0. The number of benzene rings is 7. The first-order valence-corrected chi connectivity index (χ1v) is 16.6. The van der Waals surface area contributed by atoms with Crippen molar-refractivity contribution in [2.45, 2.75) is 20.8 Å². The summed E-state index contributed by atoms with van der Waals surface area (Å²) in [4.78, 5) is 0. The number of hydrogen-bond donors (Lipinski definition) is 0. The summed E-state index contributed by atoms with van der Waals surface area (Å²) < 4.78 is 14.5. The zero-order valence-corrected chi connectivity index (χ0v) is 27.3. The van der Waals surface area contributed by atoms with Crippen molar-refractivity contribution < 1.29 is 9.47 Å². The van der Waals surface area contributed by atoms with Gasteiger partial charge in [-0.25, -0.2) is 0 Å². The van der Waals surface area contributed by atoms with Crippen molar-refractivity contribution in [3.05, 3.63) is 162 Å². The van der Waals surface area contributed by atoms with E-state index in [1.165, 1.54) is 22.3 Å². The van der Waals surface area contributed by atoms with Gasteiger partial charge < -0.3 is 9.47 Å². The number of aryl methyl sites for hydroxylation is 3. The van der Waals surface area contributed by atoms with Crippen molar-refractivity contribution in [1.82, 2.24) is 0 Å². The van der Waals surface area contributed by atoms with E-state index in [0.29, 0.717) is 0 Å². The maximum absolute atomic E-state index is 7.28. The van der Waals surface area contributed by atoms with Gasteiger partial charge in [-0.1, -0.05) is 140 Å². The lowest BCUT2D eigenvalue weighted by Crippen LogP contribution is -2.57. The zero-order chi connectivity index (χ0) is 32.4. The third kappa shape index (κ3) is 4.35. The molecule has 0 bridgehead atoms. The van der Waals surface area contributed by atoms with Crippen molar-refractivity contribution in [3.63, 3.8) is 0 Å². The lowest BCUT2D eigenvalue weighted by molar-refractivity contribution is 0.468. The van der Waals surface area contributed by atoms with Gasteiger partial charge in [0.2, 0.25) is 0 Å². The molecule has 7 aromatic rings. The third-order valence-corrected chi connectivity index (χ3v) is 10.1. The average molecular weight is 617 g/mol. The van der Waals surface area contributed by atoms with Crippen molar-refractivity contribution in [2.75, 3.05) is 0 Å². The van der Waals surface area contributed by atoms with E-state index >= 15 is 0 Å². The third-order valence-electron chi connectivity index (χ3n) is 10.1. The predicted octanol–water partition coefficient (Wildman–Crippen LogP) is 10.0. The molecule has 2 aliphatic rings. The van der Waals surface area contributed by atoms with Gasteiger partial charge in [0.05, 0.1) is 0 Å². The van der Waals surface area contributed by atoms with Crippen LogP contribution in [0.3, 0.4) is 0 Å². The fraction of sp³-hybridized carbons (Fsp3) is 0.0667. The molecule has 7 aromatic carbocycles. The summed E-state index contributed by atoms with van der Waals surface area (Å²) in [5.74, 6) is 3.54. The Labute approximate surface area is 282 Å². The summed E-state index contributed by atoms with van der Waals surface area (Å²) in [5.41, 5.74) is 16.0. The van der Waals surface area contributed by atoms with E-state index in [9.17, 15) is 0 Å². The molecule has 3 heteroatoms. The molecule has 0 saturated carbocycles. The Bertz CT molecular complexity index is 2390. The van der Waals surface area contributed by atoms with Crippen molar-refractivity contribution in [3.8, 4) is 67.5 Å². The van der Waals surface area contributed by atoms with Gasteiger partial charge in [0.1, 0.15) is 23.0 Å². The summed E-state index contributed by atoms with van der Waals surface area (Å²) in [6.45, 7) is 6.44. The summed E-state index contributed by atoms with van der Waals surface area (Å²) in [6, 6.07) is 51.9. The van der Waals surface area contributed by atoms with Crippen molar-refractivity contribution in [2.24, 2.45) is 0 Å². The number of para-hydroxylation sites is 2. The van der Waals surface area contributed by atoms with E-state index < -0.39 is 0 Å². The van der Waals surface area contributed by atoms with E-state index in [2.05, 4.69) is 166 Å². The molecule has 0 aliphatic carbocycles. The first-order valence-electron chi connectivity index (χ1n) is 16.6. The summed E-state index contributed by atoms with van der Waals surface area (Å²) in [6.07, 6.45) is 0. The van der Waals surface area contributed by atoms with Gasteiger partial charge in [0.25, 0.3) is 6.71 Å². The molecule has 0 saturated heterocycles. The molecule has 228 valence electrons. The second-order valence-electron chi connectivity index (χ2n) is 12.9. The van der Waals surface area contributed by atoms with Crippen LogP contribution in [0.25, 0.3) is 44.5 Å². The maximum Gasteiger partial charge on any atom is 0.260 e. The van der Waals surface area contributed by atoms with Crippen LogP contribution in [0.15, 0.2) is 146 Å². The predicted molar refractivity (Wildman–Crippen MR) is 200 cm³/mol. The van der Waals surface area contributed by atoms with Gasteiger partial charge in [0.15, 0.2) is 0 Å². The van der Waals surface area contributed by atoms with Crippen LogP contribution in [0.5, 0.6) is 23.0 Å². The minimum Gasteiger partial charge on any atom is -0.457 e. The molecular weight excluding hydrogens is 583 g/mol. The molecule has 48 heavy (non-hydrogen) atoms. The van der Waals surface area contributed by atoms with Gasteiger partial charge in [-0.15, -0.1) is 0 Å². The molecular formula is C45H33BO2. The summed E-state index contributed by atoms with van der Waals surface area (Å²) in [7, 11) is 0. The first-order chi connectivity index (χ1) is 23.6. The van der Waals surface area contributed by atoms with Gasteiger partial charge in [-0.3, -0.25) is 0 Å². The van der Waals surface area contributed by atoms with Crippen LogP contribution in [0.1, 0.15) is 16.7 Å².